The van der Waals surface area contributed by atoms with E-state index >= 15 is 0 Å². The van der Waals surface area contributed by atoms with Gasteiger partial charge in [-0.3, -0.25) is 4.79 Å². The van der Waals surface area contributed by atoms with E-state index in [1.807, 2.05) is 18.2 Å². The number of hydrogen-bond donors (Lipinski definition) is 1. The molecule has 0 aliphatic heterocycles. The molecule has 1 aromatic carbocycles. The van der Waals surface area contributed by atoms with Crippen molar-refractivity contribution in [2.45, 2.75) is 32.2 Å². The Labute approximate surface area is 109 Å². The minimum atomic E-state index is -0.205. The number of nitrogens with two attached hydrogens (primary N) is 1. The lowest BCUT2D eigenvalue weighted by Crippen LogP contribution is -2.25. The van der Waals surface area contributed by atoms with Crippen molar-refractivity contribution in [3.05, 3.63) is 35.9 Å². The Bertz CT molecular complexity index is 316. The van der Waals surface area contributed by atoms with E-state index in [0.717, 1.165) is 12.8 Å². The number of halogens is 1. The lowest BCUT2D eigenvalue weighted by molar-refractivity contribution is -0.143. The van der Waals surface area contributed by atoms with Gasteiger partial charge in [0.25, 0.3) is 0 Å². The molecule has 0 heterocycles. The van der Waals surface area contributed by atoms with Gasteiger partial charge in [0.05, 0.1) is 13.0 Å². The molecule has 0 fully saturated rings. The van der Waals surface area contributed by atoms with Crippen molar-refractivity contribution >= 4 is 18.4 Å². The minimum Gasteiger partial charge on any atom is -0.466 e. The third kappa shape index (κ3) is 6.97. The van der Waals surface area contributed by atoms with Crippen LogP contribution < -0.4 is 5.73 Å². The third-order valence-electron chi connectivity index (χ3n) is 2.38. The Morgan fingerprint density at radius 2 is 2.00 bits per heavy atom. The summed E-state index contributed by atoms with van der Waals surface area (Å²) in [6.45, 7) is 2.22. The summed E-state index contributed by atoms with van der Waals surface area (Å²) in [4.78, 5) is 11.2. The fourth-order valence-electron chi connectivity index (χ4n) is 1.53. The largest absolute Gasteiger partial charge is 0.466 e. The van der Waals surface area contributed by atoms with Gasteiger partial charge in [0.2, 0.25) is 0 Å². The van der Waals surface area contributed by atoms with Crippen LogP contribution in [-0.2, 0) is 16.0 Å². The molecule has 0 saturated carbocycles. The molecule has 0 aliphatic carbocycles. The van der Waals surface area contributed by atoms with E-state index in [-0.39, 0.29) is 24.4 Å². The van der Waals surface area contributed by atoms with Crippen LogP contribution in [0, 0.1) is 0 Å². The molecule has 0 unspecified atom stereocenters. The van der Waals surface area contributed by atoms with Gasteiger partial charge in [0.1, 0.15) is 0 Å². The summed E-state index contributed by atoms with van der Waals surface area (Å²) in [6, 6.07) is 10.0. The van der Waals surface area contributed by atoms with Gasteiger partial charge in [-0.2, -0.15) is 0 Å². The molecular formula is C13H20ClNO2. The predicted molar refractivity (Wildman–Crippen MR) is 71.2 cm³/mol. The zero-order valence-electron chi connectivity index (χ0n) is 10.1. The monoisotopic (exact) mass is 257 g/mol. The molecule has 96 valence electrons. The van der Waals surface area contributed by atoms with Crippen LogP contribution in [0.2, 0.25) is 0 Å². The van der Waals surface area contributed by atoms with Crippen molar-refractivity contribution in [2.75, 3.05) is 6.61 Å². The second-order valence-corrected chi connectivity index (χ2v) is 3.79. The second-order valence-electron chi connectivity index (χ2n) is 3.79. The standard InChI is InChI=1S/C13H19NO2.ClH/c1-2-16-13(15)10-12(14)9-8-11-6-4-3-5-7-11;/h3-7,12H,2,8-10,14H2,1H3;1H/t12-;/m0./s1. The fourth-order valence-corrected chi connectivity index (χ4v) is 1.53. The first-order chi connectivity index (χ1) is 7.72. The Hall–Kier alpha value is -1.06. The number of carbonyl (C=O) groups excluding carboxylic acids is 1. The zero-order chi connectivity index (χ0) is 11.8. The van der Waals surface area contributed by atoms with E-state index in [0.29, 0.717) is 13.0 Å². The van der Waals surface area contributed by atoms with Crippen molar-refractivity contribution < 1.29 is 9.53 Å². The maximum absolute atomic E-state index is 11.2. The first-order valence-electron chi connectivity index (χ1n) is 5.67. The first kappa shape index (κ1) is 15.9. The quantitative estimate of drug-likeness (QED) is 0.796. The van der Waals surface area contributed by atoms with Crippen LogP contribution in [0.3, 0.4) is 0 Å². The van der Waals surface area contributed by atoms with Crippen LogP contribution in [0.5, 0.6) is 0 Å². The number of esters is 1. The molecule has 1 aromatic rings. The summed E-state index contributed by atoms with van der Waals surface area (Å²) in [5.74, 6) is -0.205. The van der Waals surface area contributed by atoms with Crippen molar-refractivity contribution in [3.8, 4) is 0 Å². The highest BCUT2D eigenvalue weighted by Gasteiger charge is 2.09. The number of aryl methyl sites for hydroxylation is 1. The van der Waals surface area contributed by atoms with E-state index in [1.165, 1.54) is 5.56 Å². The van der Waals surface area contributed by atoms with Crippen LogP contribution in [0.4, 0.5) is 0 Å². The summed E-state index contributed by atoms with van der Waals surface area (Å²) in [5.41, 5.74) is 7.10. The molecule has 4 heteroatoms. The molecule has 3 nitrogen and oxygen atoms in total. The number of hydrogen-bond acceptors (Lipinski definition) is 3. The van der Waals surface area contributed by atoms with Gasteiger partial charge >= 0.3 is 5.97 Å². The van der Waals surface area contributed by atoms with Crippen LogP contribution in [0.25, 0.3) is 0 Å². The van der Waals surface area contributed by atoms with Crippen LogP contribution >= 0.6 is 12.4 Å². The molecule has 0 bridgehead atoms. The molecule has 17 heavy (non-hydrogen) atoms. The Morgan fingerprint density at radius 1 is 1.35 bits per heavy atom. The first-order valence-corrected chi connectivity index (χ1v) is 5.67. The van der Waals surface area contributed by atoms with Crippen LogP contribution in [0.1, 0.15) is 25.3 Å². The molecule has 0 saturated heterocycles. The highest BCUT2D eigenvalue weighted by molar-refractivity contribution is 5.85. The normalized spacial score (nSPS) is 11.4. The molecule has 0 spiro atoms. The van der Waals surface area contributed by atoms with Gasteiger partial charge in [0.15, 0.2) is 0 Å². The lowest BCUT2D eigenvalue weighted by Gasteiger charge is -2.10. The zero-order valence-corrected chi connectivity index (χ0v) is 10.9. The average molecular weight is 258 g/mol. The smallest absolute Gasteiger partial charge is 0.307 e. The number of benzene rings is 1. The van der Waals surface area contributed by atoms with Crippen molar-refractivity contribution in [3.63, 3.8) is 0 Å². The molecule has 2 N–H and O–H groups in total. The Kier molecular flexibility index (Phi) is 8.46. The number of rotatable bonds is 6. The fraction of sp³-hybridized carbons (Fsp3) is 0.462. The van der Waals surface area contributed by atoms with E-state index < -0.39 is 0 Å². The summed E-state index contributed by atoms with van der Waals surface area (Å²) in [5, 5.41) is 0. The molecule has 1 rings (SSSR count). The molecule has 0 amide bonds. The van der Waals surface area contributed by atoms with Crippen molar-refractivity contribution in [1.29, 1.82) is 0 Å². The highest BCUT2D eigenvalue weighted by Crippen LogP contribution is 2.06. The van der Waals surface area contributed by atoms with Gasteiger partial charge in [-0.15, -0.1) is 12.4 Å². The topological polar surface area (TPSA) is 52.3 Å². The van der Waals surface area contributed by atoms with Crippen LogP contribution in [-0.4, -0.2) is 18.6 Å². The summed E-state index contributed by atoms with van der Waals surface area (Å²) < 4.78 is 4.85. The second kappa shape index (κ2) is 9.02. The van der Waals surface area contributed by atoms with E-state index in [1.54, 1.807) is 6.92 Å². The van der Waals surface area contributed by atoms with Gasteiger partial charge in [-0.25, -0.2) is 0 Å². The maximum Gasteiger partial charge on any atom is 0.307 e. The number of carbonyl (C=O) groups is 1. The third-order valence-corrected chi connectivity index (χ3v) is 2.38. The SMILES string of the molecule is CCOC(=O)C[C@@H](N)CCc1ccccc1.Cl. The predicted octanol–water partition coefficient (Wildman–Crippen LogP) is 2.32. The number of ether oxygens (including phenoxy) is 1. The van der Waals surface area contributed by atoms with E-state index in [9.17, 15) is 4.79 Å². The van der Waals surface area contributed by atoms with E-state index in [2.05, 4.69) is 12.1 Å². The molecule has 1 atom stereocenters. The highest BCUT2D eigenvalue weighted by atomic mass is 35.5. The maximum atomic E-state index is 11.2. The summed E-state index contributed by atoms with van der Waals surface area (Å²) in [6.07, 6.45) is 2.02. The van der Waals surface area contributed by atoms with Crippen molar-refractivity contribution in [1.82, 2.24) is 0 Å². The lowest BCUT2D eigenvalue weighted by atomic mass is 10.0. The van der Waals surface area contributed by atoms with E-state index in [4.69, 9.17) is 10.5 Å². The average Bonchev–Trinajstić information content (AvgIpc) is 2.28. The Balaban J connectivity index is 0.00000256. The summed E-state index contributed by atoms with van der Waals surface area (Å²) in [7, 11) is 0. The summed E-state index contributed by atoms with van der Waals surface area (Å²) >= 11 is 0. The minimum absolute atomic E-state index is 0. The Morgan fingerprint density at radius 3 is 2.59 bits per heavy atom. The molecule has 0 radical (unpaired) electrons. The molecular weight excluding hydrogens is 238 g/mol. The van der Waals surface area contributed by atoms with Gasteiger partial charge in [-0.1, -0.05) is 30.3 Å². The molecule has 0 aromatic heterocycles. The van der Waals surface area contributed by atoms with Gasteiger partial charge in [-0.05, 0) is 25.3 Å². The van der Waals surface area contributed by atoms with Crippen molar-refractivity contribution in [2.24, 2.45) is 5.73 Å². The van der Waals surface area contributed by atoms with Gasteiger partial charge < -0.3 is 10.5 Å². The van der Waals surface area contributed by atoms with Crippen LogP contribution in [0.15, 0.2) is 30.3 Å². The van der Waals surface area contributed by atoms with Gasteiger partial charge in [0, 0.05) is 6.04 Å². The molecule has 0 aliphatic rings.